The molecule has 0 atom stereocenters. The third-order valence-corrected chi connectivity index (χ3v) is 0.950. The minimum Gasteiger partial charge on any atom is -0.451 e. The van der Waals surface area contributed by atoms with Gasteiger partial charge in [0.05, 0.1) is 12.7 Å². The summed E-state index contributed by atoms with van der Waals surface area (Å²) in [6, 6.07) is 0. The van der Waals surface area contributed by atoms with Gasteiger partial charge in [0.2, 0.25) is 0 Å². The van der Waals surface area contributed by atoms with Crippen LogP contribution < -0.4 is 5.73 Å². The van der Waals surface area contributed by atoms with Gasteiger partial charge in [-0.15, -0.1) is 0 Å². The van der Waals surface area contributed by atoms with Crippen LogP contribution in [-0.2, 0) is 4.74 Å². The molecule has 0 aromatic rings. The highest BCUT2D eigenvalue weighted by Crippen LogP contribution is 1.88. The van der Waals surface area contributed by atoms with Gasteiger partial charge in [-0.3, -0.25) is 0 Å². The van der Waals surface area contributed by atoms with Crippen LogP contribution in [0, 0.1) is 0 Å². The van der Waals surface area contributed by atoms with Gasteiger partial charge in [0.15, 0.2) is 0 Å². The molecule has 1 amide bonds. The summed E-state index contributed by atoms with van der Waals surface area (Å²) < 4.78 is 4.21. The zero-order valence-electron chi connectivity index (χ0n) is 5.03. The summed E-state index contributed by atoms with van der Waals surface area (Å²) in [4.78, 5) is 13.5. The number of rotatable bonds is 2. The molecule has 0 aliphatic rings. The van der Waals surface area contributed by atoms with Gasteiger partial charge in [-0.25, -0.2) is 4.79 Å². The molecular formula is C4H8N2O2S. The Morgan fingerprint density at radius 3 is 3.11 bits per heavy atom. The molecule has 0 bridgehead atoms. The van der Waals surface area contributed by atoms with Crippen molar-refractivity contribution in [2.45, 2.75) is 0 Å². The van der Waals surface area contributed by atoms with Crippen molar-refractivity contribution in [1.82, 2.24) is 0 Å². The van der Waals surface area contributed by atoms with Crippen LogP contribution in [0.1, 0.15) is 0 Å². The second-order valence-corrected chi connectivity index (χ2v) is 1.92. The lowest BCUT2D eigenvalue weighted by Crippen LogP contribution is -1.94. The van der Waals surface area contributed by atoms with Crippen molar-refractivity contribution in [3.8, 4) is 0 Å². The molecule has 0 aromatic carbocycles. The molecule has 0 aliphatic heterocycles. The highest BCUT2D eigenvalue weighted by Gasteiger charge is 1.88. The first-order valence-corrected chi connectivity index (χ1v) is 3.28. The number of ether oxygens (including phenoxy) is 1. The molecular weight excluding hydrogens is 140 g/mol. The lowest BCUT2D eigenvalue weighted by atomic mass is 11.2. The van der Waals surface area contributed by atoms with Crippen molar-refractivity contribution < 1.29 is 9.53 Å². The van der Waals surface area contributed by atoms with E-state index < -0.39 is 6.09 Å². The van der Waals surface area contributed by atoms with Crippen LogP contribution in [0.4, 0.5) is 4.79 Å². The first-order valence-electron chi connectivity index (χ1n) is 2.23. The van der Waals surface area contributed by atoms with Crippen LogP contribution in [0.5, 0.6) is 0 Å². The predicted molar refractivity (Wildman–Crippen MR) is 37.5 cm³/mol. The van der Waals surface area contributed by atoms with Crippen molar-refractivity contribution in [2.24, 2.45) is 10.7 Å². The maximum absolute atomic E-state index is 10.2. The van der Waals surface area contributed by atoms with Crippen LogP contribution in [0.25, 0.3) is 0 Å². The second kappa shape index (κ2) is 5.58. The van der Waals surface area contributed by atoms with Crippen molar-refractivity contribution in [2.75, 3.05) is 13.0 Å². The smallest absolute Gasteiger partial charge is 0.433 e. The summed E-state index contributed by atoms with van der Waals surface area (Å²) in [6.07, 6.45) is -0.601. The van der Waals surface area contributed by atoms with E-state index in [0.29, 0.717) is 5.88 Å². The summed E-state index contributed by atoms with van der Waals surface area (Å²) >= 11 is 1.24. The Morgan fingerprint density at radius 2 is 2.67 bits per heavy atom. The van der Waals surface area contributed by atoms with Crippen LogP contribution in [0.2, 0.25) is 0 Å². The Balaban J connectivity index is 3.32. The van der Waals surface area contributed by atoms with E-state index in [-0.39, 0.29) is 0 Å². The van der Waals surface area contributed by atoms with E-state index in [4.69, 9.17) is 5.73 Å². The summed E-state index contributed by atoms with van der Waals surface area (Å²) in [5.74, 6) is 0.417. The molecule has 0 aliphatic carbocycles. The zero-order chi connectivity index (χ0) is 7.11. The number of amides is 1. The minimum absolute atomic E-state index is 0.417. The average Bonchev–Trinajstić information content (AvgIpc) is 1.89. The molecule has 0 saturated carbocycles. The Hall–Kier alpha value is -0.550. The fourth-order valence-corrected chi connectivity index (χ4v) is 0.423. The van der Waals surface area contributed by atoms with Crippen LogP contribution >= 0.6 is 11.8 Å². The van der Waals surface area contributed by atoms with Crippen LogP contribution in [0.3, 0.4) is 0 Å². The van der Waals surface area contributed by atoms with Gasteiger partial charge in [0.1, 0.15) is 0 Å². The molecule has 0 fully saturated rings. The molecule has 0 heterocycles. The normalized spacial score (nSPS) is 10.0. The van der Waals surface area contributed by atoms with Gasteiger partial charge in [-0.2, -0.15) is 4.99 Å². The molecule has 0 saturated heterocycles. The van der Waals surface area contributed by atoms with Crippen LogP contribution in [-0.4, -0.2) is 24.6 Å². The number of nitrogens with two attached hydrogens (primary N) is 1. The molecule has 52 valence electrons. The molecule has 5 heteroatoms. The van der Waals surface area contributed by atoms with Gasteiger partial charge in [-0.1, -0.05) is 11.8 Å². The number of methoxy groups -OCH3 is 1. The maximum atomic E-state index is 10.2. The third-order valence-electron chi connectivity index (χ3n) is 0.503. The fraction of sp³-hybridized carbons (Fsp3) is 0.500. The van der Waals surface area contributed by atoms with E-state index in [2.05, 4.69) is 9.73 Å². The Bertz CT molecular complexity index is 115. The first kappa shape index (κ1) is 8.45. The van der Waals surface area contributed by atoms with Gasteiger partial charge < -0.3 is 10.5 Å². The lowest BCUT2D eigenvalue weighted by molar-refractivity contribution is 0.183. The number of nitrogens with zero attached hydrogens (tertiary/aromatic N) is 1. The van der Waals surface area contributed by atoms with E-state index >= 15 is 0 Å². The number of thioether (sulfide) groups is 1. The average molecular weight is 148 g/mol. The van der Waals surface area contributed by atoms with E-state index in [1.807, 2.05) is 0 Å². The number of hydrogen-bond acceptors (Lipinski definition) is 4. The van der Waals surface area contributed by atoms with Gasteiger partial charge in [0, 0.05) is 5.88 Å². The molecule has 4 nitrogen and oxygen atoms in total. The van der Waals surface area contributed by atoms with Crippen molar-refractivity contribution in [3.05, 3.63) is 0 Å². The molecule has 0 aromatic heterocycles. The van der Waals surface area contributed by atoms with Gasteiger partial charge in [0.25, 0.3) is 0 Å². The highest BCUT2D eigenvalue weighted by molar-refractivity contribution is 8.12. The summed E-state index contributed by atoms with van der Waals surface area (Å²) in [6.45, 7) is 0. The molecule has 0 radical (unpaired) electrons. The van der Waals surface area contributed by atoms with Crippen molar-refractivity contribution in [3.63, 3.8) is 0 Å². The van der Waals surface area contributed by atoms with Crippen molar-refractivity contribution >= 4 is 23.4 Å². The minimum atomic E-state index is -0.601. The summed E-state index contributed by atoms with van der Waals surface area (Å²) in [7, 11) is 1.27. The number of carbonyl (C=O) groups is 1. The Morgan fingerprint density at radius 1 is 2.00 bits per heavy atom. The molecule has 0 unspecified atom stereocenters. The Labute approximate surface area is 57.5 Å². The summed E-state index contributed by atoms with van der Waals surface area (Å²) in [5.41, 5.74) is 6.43. The van der Waals surface area contributed by atoms with E-state index in [9.17, 15) is 4.79 Å². The fourth-order valence-electron chi connectivity index (χ4n) is 0.176. The quantitative estimate of drug-likeness (QED) is 0.350. The highest BCUT2D eigenvalue weighted by atomic mass is 32.2. The molecule has 2 N–H and O–H groups in total. The third kappa shape index (κ3) is 5.32. The second-order valence-electron chi connectivity index (χ2n) is 1.04. The number of aliphatic imine (C=N–C) groups is 1. The van der Waals surface area contributed by atoms with E-state index in [1.165, 1.54) is 24.4 Å². The van der Waals surface area contributed by atoms with E-state index in [0.717, 1.165) is 0 Å². The molecule has 9 heavy (non-hydrogen) atoms. The monoisotopic (exact) mass is 148 g/mol. The maximum Gasteiger partial charge on any atom is 0.433 e. The van der Waals surface area contributed by atoms with Crippen molar-refractivity contribution in [1.29, 1.82) is 0 Å². The first-order chi connectivity index (χ1) is 4.31. The standard InChI is InChI=1S/C4H8N2O2S/c1-8-4(7)6-3-9-2-5/h3H,2,5H2,1H3. The lowest BCUT2D eigenvalue weighted by Gasteiger charge is -1.86. The number of hydrogen-bond donors (Lipinski definition) is 1. The predicted octanol–water partition coefficient (Wildman–Crippen LogP) is 0.431. The van der Waals surface area contributed by atoms with Gasteiger partial charge >= 0.3 is 6.09 Å². The zero-order valence-corrected chi connectivity index (χ0v) is 5.85. The molecule has 0 spiro atoms. The summed E-state index contributed by atoms with van der Waals surface area (Å²) in [5, 5.41) is 0. The Kier molecular flexibility index (Phi) is 5.24. The van der Waals surface area contributed by atoms with Crippen LogP contribution in [0.15, 0.2) is 4.99 Å². The largest absolute Gasteiger partial charge is 0.451 e. The van der Waals surface area contributed by atoms with E-state index in [1.54, 1.807) is 0 Å². The molecule has 0 rings (SSSR count). The topological polar surface area (TPSA) is 64.7 Å². The SMILES string of the molecule is COC(=O)N=CSCN. The van der Waals surface area contributed by atoms with Gasteiger partial charge in [-0.05, 0) is 0 Å². The number of carbonyl (C=O) groups excluding carboxylic acids is 1.